The molecule has 1 aromatic rings. The third kappa shape index (κ3) is 2.26. The van der Waals surface area contributed by atoms with Crippen LogP contribution in [0.2, 0.25) is 0 Å². The van der Waals surface area contributed by atoms with Crippen molar-refractivity contribution < 1.29 is 9.66 Å². The minimum absolute atomic E-state index is 0.0317. The second kappa shape index (κ2) is 4.20. The van der Waals surface area contributed by atoms with Gasteiger partial charge >= 0.3 is 0 Å². The number of para-hydroxylation sites is 2. The first-order valence-electron chi connectivity index (χ1n) is 3.54. The highest BCUT2D eigenvalue weighted by Crippen LogP contribution is 2.25. The Bertz CT molecular complexity index is 336. The van der Waals surface area contributed by atoms with E-state index in [0.717, 1.165) is 6.40 Å². The Morgan fingerprint density at radius 3 is 2.85 bits per heavy atom. The molecule has 0 aliphatic carbocycles. The normalized spacial score (nSPS) is 10.2. The zero-order chi connectivity index (χ0) is 9.68. The molecule has 5 nitrogen and oxygen atoms in total. The third-order valence-electron chi connectivity index (χ3n) is 1.38. The van der Waals surface area contributed by atoms with Crippen LogP contribution in [0.3, 0.4) is 0 Å². The molecular formula is C8H8N2O3. The van der Waals surface area contributed by atoms with Gasteiger partial charge in [0.15, 0.2) is 6.40 Å². The number of methoxy groups -OCH3 is 1. The van der Waals surface area contributed by atoms with E-state index in [1.165, 1.54) is 13.2 Å². The SMILES string of the molecule is COC=Nc1ccccc1[N+](=O)[O-]. The third-order valence-corrected chi connectivity index (χ3v) is 1.38. The number of hydrogen-bond acceptors (Lipinski definition) is 4. The van der Waals surface area contributed by atoms with E-state index in [1.807, 2.05) is 0 Å². The Hall–Kier alpha value is -1.91. The van der Waals surface area contributed by atoms with Gasteiger partial charge in [-0.25, -0.2) is 4.99 Å². The van der Waals surface area contributed by atoms with Gasteiger partial charge in [0.05, 0.1) is 12.0 Å². The molecule has 0 unspecified atom stereocenters. The van der Waals surface area contributed by atoms with Crippen molar-refractivity contribution in [2.24, 2.45) is 4.99 Å². The maximum atomic E-state index is 10.5. The standard InChI is InChI=1S/C8H8N2O3/c1-13-6-9-7-4-2-3-5-8(7)10(11)12/h2-6H,1H3. The van der Waals surface area contributed by atoms with Gasteiger partial charge in [-0.05, 0) is 6.07 Å². The summed E-state index contributed by atoms with van der Waals surface area (Å²) in [7, 11) is 1.43. The van der Waals surface area contributed by atoms with E-state index in [2.05, 4.69) is 9.73 Å². The number of nitrogens with zero attached hydrogens (tertiary/aromatic N) is 2. The minimum Gasteiger partial charge on any atom is -0.486 e. The molecule has 0 amide bonds. The van der Waals surface area contributed by atoms with E-state index in [0.29, 0.717) is 0 Å². The molecule has 0 saturated heterocycles. The fourth-order valence-corrected chi connectivity index (χ4v) is 0.837. The van der Waals surface area contributed by atoms with Crippen LogP contribution in [0.15, 0.2) is 29.3 Å². The molecule has 5 heteroatoms. The summed E-state index contributed by atoms with van der Waals surface area (Å²) >= 11 is 0. The smallest absolute Gasteiger partial charge is 0.294 e. The number of rotatable bonds is 3. The molecule has 1 aromatic carbocycles. The Balaban J connectivity index is 3.05. The van der Waals surface area contributed by atoms with Gasteiger partial charge in [0.25, 0.3) is 5.69 Å². The van der Waals surface area contributed by atoms with E-state index in [9.17, 15) is 10.1 Å². The summed E-state index contributed by atoms with van der Waals surface area (Å²) in [4.78, 5) is 13.7. The largest absolute Gasteiger partial charge is 0.486 e. The first-order valence-corrected chi connectivity index (χ1v) is 3.54. The average molecular weight is 180 g/mol. The molecule has 0 N–H and O–H groups in total. The summed E-state index contributed by atoms with van der Waals surface area (Å²) in [5.74, 6) is 0. The molecule has 0 spiro atoms. The maximum absolute atomic E-state index is 10.5. The summed E-state index contributed by atoms with van der Waals surface area (Å²) < 4.78 is 4.57. The van der Waals surface area contributed by atoms with Gasteiger partial charge in [0.2, 0.25) is 0 Å². The second-order valence-corrected chi connectivity index (χ2v) is 2.22. The molecule has 0 bridgehead atoms. The van der Waals surface area contributed by atoms with Crippen molar-refractivity contribution in [2.45, 2.75) is 0 Å². The second-order valence-electron chi connectivity index (χ2n) is 2.22. The van der Waals surface area contributed by atoms with Crippen molar-refractivity contribution in [2.75, 3.05) is 7.11 Å². The first kappa shape index (κ1) is 9.18. The van der Waals surface area contributed by atoms with E-state index in [1.54, 1.807) is 18.2 Å². The topological polar surface area (TPSA) is 64.7 Å². The van der Waals surface area contributed by atoms with Crippen LogP contribution >= 0.6 is 0 Å². The van der Waals surface area contributed by atoms with Gasteiger partial charge in [0, 0.05) is 6.07 Å². The average Bonchev–Trinajstić information content (AvgIpc) is 2.15. The highest BCUT2D eigenvalue weighted by molar-refractivity contribution is 5.64. The number of nitro groups is 1. The summed E-state index contributed by atoms with van der Waals surface area (Å²) in [5.41, 5.74) is 0.255. The summed E-state index contributed by atoms with van der Waals surface area (Å²) in [6, 6.07) is 6.20. The molecule has 0 aliphatic rings. The number of ether oxygens (including phenoxy) is 1. The zero-order valence-corrected chi connectivity index (χ0v) is 7.01. The van der Waals surface area contributed by atoms with Gasteiger partial charge in [-0.1, -0.05) is 12.1 Å². The molecule has 0 aliphatic heterocycles. The van der Waals surface area contributed by atoms with Crippen molar-refractivity contribution in [1.29, 1.82) is 0 Å². The highest BCUT2D eigenvalue weighted by atomic mass is 16.6. The van der Waals surface area contributed by atoms with Crippen molar-refractivity contribution in [3.05, 3.63) is 34.4 Å². The molecule has 1 rings (SSSR count). The van der Waals surface area contributed by atoms with Gasteiger partial charge < -0.3 is 4.74 Å². The molecule has 0 fully saturated rings. The Labute approximate surface area is 74.8 Å². The predicted octanol–water partition coefficient (Wildman–Crippen LogP) is 1.90. The number of aliphatic imine (C=N–C) groups is 1. The maximum Gasteiger partial charge on any atom is 0.294 e. The molecule has 0 atom stereocenters. The molecule has 0 radical (unpaired) electrons. The number of benzene rings is 1. The van der Waals surface area contributed by atoms with Crippen LogP contribution in [-0.2, 0) is 4.74 Å². The Morgan fingerprint density at radius 2 is 2.23 bits per heavy atom. The molecular weight excluding hydrogens is 172 g/mol. The molecule has 0 aromatic heterocycles. The lowest BCUT2D eigenvalue weighted by Crippen LogP contribution is -1.88. The zero-order valence-electron chi connectivity index (χ0n) is 7.01. The minimum atomic E-state index is -0.484. The van der Waals surface area contributed by atoms with Gasteiger partial charge in [-0.3, -0.25) is 10.1 Å². The van der Waals surface area contributed by atoms with Gasteiger partial charge in [-0.2, -0.15) is 0 Å². The van der Waals surface area contributed by atoms with Gasteiger partial charge in [0.1, 0.15) is 5.69 Å². The number of hydrogen-bond donors (Lipinski definition) is 0. The van der Waals surface area contributed by atoms with Crippen molar-refractivity contribution >= 4 is 17.8 Å². The van der Waals surface area contributed by atoms with Crippen LogP contribution in [-0.4, -0.2) is 18.4 Å². The number of nitro benzene ring substituents is 1. The van der Waals surface area contributed by atoms with Crippen molar-refractivity contribution in [1.82, 2.24) is 0 Å². The summed E-state index contributed by atoms with van der Waals surface area (Å²) in [6.07, 6.45) is 1.16. The van der Waals surface area contributed by atoms with E-state index in [-0.39, 0.29) is 11.4 Å². The Kier molecular flexibility index (Phi) is 2.97. The monoisotopic (exact) mass is 180 g/mol. The fraction of sp³-hybridized carbons (Fsp3) is 0.125. The van der Waals surface area contributed by atoms with E-state index >= 15 is 0 Å². The molecule has 0 saturated carbocycles. The lowest BCUT2D eigenvalue weighted by atomic mass is 10.3. The lowest BCUT2D eigenvalue weighted by Gasteiger charge is -1.94. The highest BCUT2D eigenvalue weighted by Gasteiger charge is 2.10. The molecule has 0 heterocycles. The predicted molar refractivity (Wildman–Crippen MR) is 48.3 cm³/mol. The van der Waals surface area contributed by atoms with E-state index in [4.69, 9.17) is 0 Å². The van der Waals surface area contributed by atoms with Crippen molar-refractivity contribution in [3.8, 4) is 0 Å². The summed E-state index contributed by atoms with van der Waals surface area (Å²) in [5, 5.41) is 10.5. The van der Waals surface area contributed by atoms with Crippen LogP contribution in [0.4, 0.5) is 11.4 Å². The van der Waals surface area contributed by atoms with Crippen molar-refractivity contribution in [3.63, 3.8) is 0 Å². The molecule has 68 valence electrons. The van der Waals surface area contributed by atoms with E-state index < -0.39 is 4.92 Å². The van der Waals surface area contributed by atoms with Crippen LogP contribution in [0.5, 0.6) is 0 Å². The van der Waals surface area contributed by atoms with Gasteiger partial charge in [-0.15, -0.1) is 0 Å². The quantitative estimate of drug-likeness (QED) is 0.309. The summed E-state index contributed by atoms with van der Waals surface area (Å²) in [6.45, 7) is 0. The molecule has 13 heavy (non-hydrogen) atoms. The van der Waals surface area contributed by atoms with Crippen LogP contribution in [0, 0.1) is 10.1 Å². The van der Waals surface area contributed by atoms with Crippen LogP contribution in [0.25, 0.3) is 0 Å². The van der Waals surface area contributed by atoms with Crippen LogP contribution in [0.1, 0.15) is 0 Å². The van der Waals surface area contributed by atoms with Crippen LogP contribution < -0.4 is 0 Å². The first-order chi connectivity index (χ1) is 6.25. The lowest BCUT2D eigenvalue weighted by molar-refractivity contribution is -0.384. The Morgan fingerprint density at radius 1 is 1.54 bits per heavy atom. The fourth-order valence-electron chi connectivity index (χ4n) is 0.837.